The molecule has 0 saturated carbocycles. The molecule has 14 aromatic carbocycles. The van der Waals surface area contributed by atoms with E-state index in [1.165, 1.54) is 49.0 Å². The van der Waals surface area contributed by atoms with E-state index in [1.807, 2.05) is 73.2 Å². The summed E-state index contributed by atoms with van der Waals surface area (Å²) in [5.74, 6) is 0.921. The Labute approximate surface area is 567 Å². The molecule has 0 fully saturated rings. The number of benzene rings is 14. The Bertz CT molecular complexity index is 6700. The fourth-order valence-corrected chi connectivity index (χ4v) is 15.5. The van der Waals surface area contributed by atoms with Crippen LogP contribution >= 0.6 is 0 Å². The van der Waals surface area contributed by atoms with Crippen LogP contribution in [0.25, 0.3) is 191 Å². The summed E-state index contributed by atoms with van der Waals surface area (Å²) >= 11 is 0. The number of imidazole rings is 1. The molecule has 0 atom stereocenters. The maximum absolute atomic E-state index is 7.76. The van der Waals surface area contributed by atoms with Crippen molar-refractivity contribution in [2.75, 3.05) is 0 Å². The minimum atomic E-state index is 0.621. The van der Waals surface area contributed by atoms with E-state index in [2.05, 4.69) is 271 Å². The van der Waals surface area contributed by atoms with Crippen molar-refractivity contribution in [3.63, 3.8) is 0 Å². The number of para-hydroxylation sites is 4. The van der Waals surface area contributed by atoms with E-state index < -0.39 is 0 Å². The summed E-state index contributed by atoms with van der Waals surface area (Å²) in [6.07, 6.45) is 7.36. The number of hydrogen-bond donors (Lipinski definition) is 0. The largest absolute Gasteiger partial charge is 0.309 e. The first kappa shape index (κ1) is 56.7. The van der Waals surface area contributed by atoms with Gasteiger partial charge in [0.15, 0.2) is 11.4 Å². The molecule has 0 saturated heterocycles. The third kappa shape index (κ3) is 9.00. The second-order valence-corrected chi connectivity index (χ2v) is 25.0. The highest BCUT2D eigenvalue weighted by Crippen LogP contribution is 2.50. The number of rotatable bonds is 7. The monoisotopic (exact) mass is 1260 g/mol. The molecule has 0 amide bonds. The lowest BCUT2D eigenvalue weighted by atomic mass is 9.84. The number of aromatic nitrogens is 7. The Kier molecular flexibility index (Phi) is 13.1. The van der Waals surface area contributed by atoms with Gasteiger partial charge in [-0.3, -0.25) is 19.5 Å². The average molecular weight is 1260 g/mol. The van der Waals surface area contributed by atoms with Crippen molar-refractivity contribution in [3.05, 3.63) is 345 Å². The normalized spacial score (nSPS) is 11.6. The van der Waals surface area contributed by atoms with E-state index in [-0.39, 0.29) is 0 Å². The molecule has 0 spiro atoms. The molecule has 0 bridgehead atoms. The van der Waals surface area contributed by atoms with E-state index in [0.717, 1.165) is 132 Å². The summed E-state index contributed by atoms with van der Waals surface area (Å²) in [6.45, 7) is 15.5. The lowest BCUT2D eigenvalue weighted by Crippen LogP contribution is -1.99. The molecule has 9 heteroatoms. The molecular weight excluding hydrogens is 1210 g/mol. The van der Waals surface area contributed by atoms with Gasteiger partial charge in [-0.15, -0.1) is 0 Å². The predicted octanol–water partition coefficient (Wildman–Crippen LogP) is 23.8. The van der Waals surface area contributed by atoms with Gasteiger partial charge in [-0.2, -0.15) is 0 Å². The van der Waals surface area contributed by atoms with Gasteiger partial charge < -0.3 is 9.13 Å². The van der Waals surface area contributed by atoms with Crippen LogP contribution in [-0.2, 0) is 0 Å². The summed E-state index contributed by atoms with van der Waals surface area (Å²) in [4.78, 5) is 26.8. The standard InChI is InChI=1S/C46H28N4.C44H25N5/c1-47-31-25-27-42-39(29-31)38-28-30(24-26-41(38)49(42)32-14-4-2-5-15-32)44-34-18-8-10-20-36(34)45(37-21-11-9-19-35(37)44)46-48-40-22-12-13-23-43(40)50(46)33-16-6-3-7-17-33;1-45-29-17-19-40-37(25-29)36-23-27(16-18-39(36)49(40)30-10-7-20-46-26-30)41-31-11-2-4-13-33(31)42(34-14-5-3-12-32(34)41)38-24-28-9-6-21-47-43(28)44-35(38)15-8-22-48-44/h2-29H;2-26H. The highest BCUT2D eigenvalue weighted by molar-refractivity contribution is 6.27. The molecule has 0 unspecified atom stereocenters. The molecule has 458 valence electrons. The maximum atomic E-state index is 7.76. The Morgan fingerprint density at radius 3 is 1.22 bits per heavy atom. The van der Waals surface area contributed by atoms with Crippen LogP contribution < -0.4 is 0 Å². The highest BCUT2D eigenvalue weighted by Gasteiger charge is 2.25. The van der Waals surface area contributed by atoms with Crippen LogP contribution in [0.1, 0.15) is 0 Å². The summed E-state index contributed by atoms with van der Waals surface area (Å²) in [6, 6.07) is 104. The number of pyridine rings is 3. The van der Waals surface area contributed by atoms with E-state index in [0.29, 0.717) is 11.4 Å². The topological polar surface area (TPSA) is 75.1 Å². The van der Waals surface area contributed by atoms with E-state index in [9.17, 15) is 0 Å². The number of nitrogens with zero attached hydrogens (tertiary/aromatic N) is 9. The first-order valence-electron chi connectivity index (χ1n) is 33.0. The average Bonchev–Trinajstić information content (AvgIpc) is 1.18. The molecule has 0 aliphatic carbocycles. The Balaban J connectivity index is 0.000000138. The summed E-state index contributed by atoms with van der Waals surface area (Å²) in [5.41, 5.74) is 20.6. The van der Waals surface area contributed by atoms with Crippen LogP contribution in [0.2, 0.25) is 0 Å². The second-order valence-electron chi connectivity index (χ2n) is 25.0. The minimum Gasteiger partial charge on any atom is -0.309 e. The van der Waals surface area contributed by atoms with Crippen LogP contribution in [0.15, 0.2) is 322 Å². The van der Waals surface area contributed by atoms with E-state index in [1.54, 1.807) is 6.20 Å². The number of hydrogen-bond acceptors (Lipinski definition) is 4. The zero-order valence-corrected chi connectivity index (χ0v) is 53.1. The molecule has 0 N–H and O–H groups in total. The zero-order valence-electron chi connectivity index (χ0n) is 53.1. The lowest BCUT2D eigenvalue weighted by molar-refractivity contribution is 1.11. The molecule has 20 rings (SSSR count). The van der Waals surface area contributed by atoms with Gasteiger partial charge in [0.05, 0.1) is 69.2 Å². The van der Waals surface area contributed by atoms with E-state index >= 15 is 0 Å². The van der Waals surface area contributed by atoms with Gasteiger partial charge in [-0.25, -0.2) is 14.7 Å². The van der Waals surface area contributed by atoms with Crippen LogP contribution in [0.4, 0.5) is 11.4 Å². The first-order valence-corrected chi connectivity index (χ1v) is 33.0. The van der Waals surface area contributed by atoms with Gasteiger partial charge in [-0.05, 0) is 203 Å². The second kappa shape index (κ2) is 23.0. The van der Waals surface area contributed by atoms with Crippen molar-refractivity contribution >= 4 is 131 Å². The Morgan fingerprint density at radius 1 is 0.283 bits per heavy atom. The highest BCUT2D eigenvalue weighted by atomic mass is 15.1. The third-order valence-corrected chi connectivity index (χ3v) is 19.6. The molecular formula is C90H53N9. The smallest absolute Gasteiger partial charge is 0.188 e. The molecule has 0 radical (unpaired) electrons. The van der Waals surface area contributed by atoms with Crippen molar-refractivity contribution < 1.29 is 0 Å². The van der Waals surface area contributed by atoms with Crippen LogP contribution in [0.5, 0.6) is 0 Å². The van der Waals surface area contributed by atoms with Crippen LogP contribution in [0.3, 0.4) is 0 Å². The van der Waals surface area contributed by atoms with Crippen molar-refractivity contribution in [1.29, 1.82) is 0 Å². The van der Waals surface area contributed by atoms with Crippen molar-refractivity contribution in [1.82, 2.24) is 33.6 Å². The minimum absolute atomic E-state index is 0.621. The van der Waals surface area contributed by atoms with Crippen molar-refractivity contribution in [2.24, 2.45) is 0 Å². The summed E-state index contributed by atoms with van der Waals surface area (Å²) in [7, 11) is 0. The zero-order chi connectivity index (χ0) is 65.7. The molecule has 0 aliphatic heterocycles. The molecule has 6 heterocycles. The molecule has 6 aromatic heterocycles. The van der Waals surface area contributed by atoms with Crippen molar-refractivity contribution in [2.45, 2.75) is 0 Å². The quantitative estimate of drug-likeness (QED) is 0.0905. The first-order chi connectivity index (χ1) is 49.1. The Hall–Kier alpha value is -13.9. The number of fused-ring (bicyclic) bond motifs is 14. The Morgan fingerprint density at radius 2 is 0.697 bits per heavy atom. The maximum Gasteiger partial charge on any atom is 0.188 e. The summed E-state index contributed by atoms with van der Waals surface area (Å²) in [5, 5.41) is 15.8. The van der Waals surface area contributed by atoms with Crippen LogP contribution in [-0.4, -0.2) is 33.6 Å². The van der Waals surface area contributed by atoms with Gasteiger partial charge >= 0.3 is 0 Å². The summed E-state index contributed by atoms with van der Waals surface area (Å²) < 4.78 is 6.83. The molecule has 20 aromatic rings. The van der Waals surface area contributed by atoms with Gasteiger partial charge in [0.2, 0.25) is 0 Å². The molecule has 0 aliphatic rings. The molecule has 9 nitrogen and oxygen atoms in total. The fraction of sp³-hybridized carbons (Fsp3) is 0. The third-order valence-electron chi connectivity index (χ3n) is 19.6. The predicted molar refractivity (Wildman–Crippen MR) is 409 cm³/mol. The lowest BCUT2D eigenvalue weighted by Gasteiger charge is -2.19. The fourth-order valence-electron chi connectivity index (χ4n) is 15.5. The van der Waals surface area contributed by atoms with Gasteiger partial charge in [-0.1, -0.05) is 182 Å². The van der Waals surface area contributed by atoms with Gasteiger partial charge in [0.25, 0.3) is 0 Å². The van der Waals surface area contributed by atoms with Gasteiger partial charge in [0.1, 0.15) is 5.82 Å². The SMILES string of the molecule is [C-]#[N+]c1ccc2c(c1)c1cc(-c3c4ccccc4c(-c4cc5cccnc5c5ncccc45)c4ccccc34)ccc1n2-c1cccnc1.[C-]#[N+]c1ccc2c(c1)c1cc(-c3c4ccccc4c(-c4nc5ccccc5n4-c4ccccc4)c4ccccc34)ccc1n2-c1ccccc1. The van der Waals surface area contributed by atoms with Crippen LogP contribution in [0, 0.1) is 13.1 Å². The van der Waals surface area contributed by atoms with Crippen molar-refractivity contribution in [3.8, 4) is 61.8 Å². The van der Waals surface area contributed by atoms with Gasteiger partial charge in [0, 0.05) is 57.1 Å². The van der Waals surface area contributed by atoms with E-state index in [4.69, 9.17) is 28.1 Å². The molecule has 99 heavy (non-hydrogen) atoms.